The van der Waals surface area contributed by atoms with Gasteiger partial charge in [0.2, 0.25) is 0 Å². The molecule has 0 N–H and O–H groups in total. The van der Waals surface area contributed by atoms with Gasteiger partial charge in [0.25, 0.3) is 0 Å². The van der Waals surface area contributed by atoms with Gasteiger partial charge in [-0.2, -0.15) is 5.26 Å². The molecule has 4 nitrogen and oxygen atoms in total. The summed E-state index contributed by atoms with van der Waals surface area (Å²) in [5.41, 5.74) is 4.44. The number of benzene rings is 2. The van der Waals surface area contributed by atoms with Gasteiger partial charge in [-0.15, -0.1) is 4.91 Å². The minimum Gasteiger partial charge on any atom is -0.812 e. The van der Waals surface area contributed by atoms with Crippen LogP contribution in [0.15, 0.2) is 58.7 Å². The van der Waals surface area contributed by atoms with Crippen LogP contribution in [0.4, 0.5) is 0 Å². The molecule has 0 unspecified atom stereocenters. The number of hydrogen-bond acceptors (Lipinski definition) is 5. The van der Waals surface area contributed by atoms with E-state index in [-0.39, 0.29) is 31.0 Å². The summed E-state index contributed by atoms with van der Waals surface area (Å²) in [7, 11) is 0. The molecule has 0 fully saturated rings. The summed E-state index contributed by atoms with van der Waals surface area (Å²) < 4.78 is 0. The average molecular weight is 594 g/mol. The third-order valence-electron chi connectivity index (χ3n) is 4.15. The van der Waals surface area contributed by atoms with E-state index in [4.69, 9.17) is 11.8 Å². The maximum Gasteiger partial charge on any atom is 2.00 e. The molecule has 2 aromatic heterocycles. The number of nitrogens with zero attached hydrogens (tertiary/aromatic N) is 4. The smallest absolute Gasteiger partial charge is 0.812 e. The molecule has 0 bridgehead atoms. The number of aromatic nitrogens is 2. The van der Waals surface area contributed by atoms with Gasteiger partial charge in [0, 0.05) is 33.6 Å². The molecule has 0 saturated heterocycles. The van der Waals surface area contributed by atoms with E-state index in [0.29, 0.717) is 0 Å². The second kappa shape index (κ2) is 9.72. The van der Waals surface area contributed by atoms with Crippen molar-refractivity contribution < 1.29 is 21.1 Å². The second-order valence-corrected chi connectivity index (χ2v) is 7.05. The van der Waals surface area contributed by atoms with Crippen molar-refractivity contribution >= 4 is 57.8 Å². The van der Waals surface area contributed by atoms with E-state index in [1.807, 2.05) is 12.4 Å². The van der Waals surface area contributed by atoms with E-state index in [0.717, 1.165) is 16.4 Å². The predicted octanol–water partition coefficient (Wildman–Crippen LogP) is 5.24. The van der Waals surface area contributed by atoms with Crippen molar-refractivity contribution in [3.63, 3.8) is 0 Å². The summed E-state index contributed by atoms with van der Waals surface area (Å²) in [4.78, 5) is 12.0. The summed E-state index contributed by atoms with van der Waals surface area (Å²) in [6.07, 6.45) is 3.85. The summed E-state index contributed by atoms with van der Waals surface area (Å²) in [6, 6.07) is 14.5. The molecule has 29 heavy (non-hydrogen) atoms. The number of nitriles is 1. The van der Waals surface area contributed by atoms with Crippen LogP contribution in [0.5, 0.6) is 0 Å². The topological polar surface area (TPSA) is 53.9 Å². The van der Waals surface area contributed by atoms with Crippen molar-refractivity contribution in [3.8, 4) is 6.07 Å². The Morgan fingerprint density at radius 2 is 1.38 bits per heavy atom. The van der Waals surface area contributed by atoms with Gasteiger partial charge in [0.1, 0.15) is 0 Å². The molecule has 4 rings (SSSR count). The van der Waals surface area contributed by atoms with Crippen molar-refractivity contribution in [2.75, 3.05) is 0 Å². The summed E-state index contributed by atoms with van der Waals surface area (Å²) >= 11 is 8.72. The molecule has 0 aliphatic rings. The Kier molecular flexibility index (Phi) is 7.59. The van der Waals surface area contributed by atoms with Crippen LogP contribution >= 0.6 is 0 Å². The van der Waals surface area contributed by atoms with Crippen molar-refractivity contribution in [1.82, 2.24) is 9.97 Å². The Hall–Kier alpha value is -2.63. The molecule has 0 aliphatic carbocycles. The number of allylic oxidation sites excluding steroid dienone is 1. The number of pyridine rings is 2. The zero-order chi connectivity index (χ0) is 20.3. The van der Waals surface area contributed by atoms with Crippen LogP contribution in [0.2, 0.25) is 0 Å². The maximum atomic E-state index is 8.01. The first kappa shape index (κ1) is 22.7. The summed E-state index contributed by atoms with van der Waals surface area (Å²) in [6.45, 7) is 10.4. The molecule has 4 aromatic rings. The van der Waals surface area contributed by atoms with Gasteiger partial charge < -0.3 is 25.3 Å². The average Bonchev–Trinajstić information content (AvgIpc) is 2.72. The molecule has 0 aliphatic heterocycles. The first-order valence-corrected chi connectivity index (χ1v) is 9.16. The van der Waals surface area contributed by atoms with E-state index < -0.39 is 0 Å². The van der Waals surface area contributed by atoms with Crippen molar-refractivity contribution in [2.24, 2.45) is 0 Å². The predicted molar refractivity (Wildman–Crippen MR) is 118 cm³/mol. The monoisotopic (exact) mass is 593 g/mol. The minimum atomic E-state index is -0.123. The molecule has 0 amide bonds. The number of aryl methyl sites for hydroxylation is 2. The van der Waals surface area contributed by atoms with Crippen LogP contribution in [-0.4, -0.2) is 9.97 Å². The SMILES string of the molecule is Cc1cnc2c(ccc3ccc4cc(C)cnc4c32)c1.[C-]#[N+]/C([S-])=C(/[S-])C#N.[Pt+2]. The molecule has 2 aromatic carbocycles. The van der Waals surface area contributed by atoms with Crippen molar-refractivity contribution in [2.45, 2.75) is 13.8 Å². The van der Waals surface area contributed by atoms with E-state index in [2.05, 4.69) is 90.3 Å². The van der Waals surface area contributed by atoms with Gasteiger partial charge >= 0.3 is 21.1 Å². The van der Waals surface area contributed by atoms with Crippen molar-refractivity contribution in [1.29, 1.82) is 5.26 Å². The fraction of sp³-hybridized carbons (Fsp3) is 0.0909. The normalized spacial score (nSPS) is 10.9. The molecule has 144 valence electrons. The number of fused-ring (bicyclic) bond motifs is 5. The molecule has 7 heteroatoms. The Labute approximate surface area is 194 Å². The second-order valence-electron chi connectivity index (χ2n) is 6.26. The van der Waals surface area contributed by atoms with E-state index >= 15 is 0 Å². The zero-order valence-corrected chi connectivity index (χ0v) is 19.4. The Bertz CT molecular complexity index is 1240. The van der Waals surface area contributed by atoms with Crippen LogP contribution in [0.1, 0.15) is 11.1 Å². The zero-order valence-electron chi connectivity index (χ0n) is 15.5. The van der Waals surface area contributed by atoms with E-state index in [9.17, 15) is 0 Å². The molecule has 0 spiro atoms. The quantitative estimate of drug-likeness (QED) is 0.121. The van der Waals surface area contributed by atoms with Gasteiger partial charge in [-0.3, -0.25) is 14.8 Å². The van der Waals surface area contributed by atoms with Crippen LogP contribution < -0.4 is 0 Å². The Morgan fingerprint density at radius 3 is 1.76 bits per heavy atom. The summed E-state index contributed by atoms with van der Waals surface area (Å²) in [5, 5.41) is 12.6. The van der Waals surface area contributed by atoms with Gasteiger partial charge in [-0.1, -0.05) is 24.3 Å². The molecular weight excluding hydrogens is 579 g/mol. The minimum absolute atomic E-state index is 0. The first-order valence-electron chi connectivity index (χ1n) is 8.35. The maximum absolute atomic E-state index is 8.01. The number of rotatable bonds is 0. The van der Waals surface area contributed by atoms with E-state index in [1.165, 1.54) is 27.3 Å². The largest absolute Gasteiger partial charge is 2.00 e. The van der Waals surface area contributed by atoms with Gasteiger partial charge in [-0.05, 0) is 42.5 Å². The molecule has 2 heterocycles. The summed E-state index contributed by atoms with van der Waals surface area (Å²) in [5.74, 6) is 0. The Balaban J connectivity index is 0.000000289. The van der Waals surface area contributed by atoms with Crippen LogP contribution in [-0.2, 0) is 46.3 Å². The van der Waals surface area contributed by atoms with Gasteiger partial charge in [-0.25, -0.2) is 0 Å². The molecule has 0 atom stereocenters. The Morgan fingerprint density at radius 1 is 0.931 bits per heavy atom. The van der Waals surface area contributed by atoms with Gasteiger partial charge in [0.05, 0.1) is 23.7 Å². The van der Waals surface area contributed by atoms with Gasteiger partial charge in [0.15, 0.2) is 0 Å². The van der Waals surface area contributed by atoms with Crippen LogP contribution in [0.3, 0.4) is 0 Å². The third-order valence-corrected chi connectivity index (χ3v) is 4.86. The van der Waals surface area contributed by atoms with E-state index in [1.54, 1.807) is 6.07 Å². The first-order chi connectivity index (χ1) is 13.4. The van der Waals surface area contributed by atoms with Crippen LogP contribution in [0.25, 0.3) is 37.4 Å². The molecular formula is C22H14N4PtS2. The third kappa shape index (κ3) is 4.86. The molecule has 0 radical (unpaired) electrons. The van der Waals surface area contributed by atoms with Crippen LogP contribution in [0, 0.1) is 31.8 Å². The van der Waals surface area contributed by atoms with Crippen molar-refractivity contribution in [3.05, 3.63) is 81.3 Å². The molecule has 0 saturated carbocycles. The standard InChI is InChI=1S/C18H14N2.C4H2N2S2.Pt/c1-11-7-14-5-3-13-4-6-15-8-12(2)10-20-18(15)16(13)17(14)19-9-11;1-6-4(8)3(7)2-5;/h3-10H,1-2H3;7-8H;/q;;+2/p-2/b;4-3-;. The fourth-order valence-corrected chi connectivity index (χ4v) is 3.01. The number of hydrogen-bond donors (Lipinski definition) is 0. The fourth-order valence-electron chi connectivity index (χ4n) is 2.92.